The van der Waals surface area contributed by atoms with Gasteiger partial charge in [-0.15, -0.1) is 5.10 Å². The van der Waals surface area contributed by atoms with Crippen molar-refractivity contribution in [1.82, 2.24) is 10.2 Å². The van der Waals surface area contributed by atoms with Gasteiger partial charge in [-0.3, -0.25) is 4.79 Å². The first kappa shape index (κ1) is 14.6. The smallest absolute Gasteiger partial charge is 0.414 e. The summed E-state index contributed by atoms with van der Waals surface area (Å²) < 4.78 is 10.4. The molecule has 0 aliphatic rings. The monoisotopic (exact) mass is 316 g/mol. The average molecular weight is 317 g/mol. The SMILES string of the molecule is O=C(O)CCCOc1nnc(-c2ccc(Cl)cc2Cl)o1. The Morgan fingerprint density at radius 1 is 1.35 bits per heavy atom. The third kappa shape index (κ3) is 3.85. The lowest BCUT2D eigenvalue weighted by Gasteiger charge is -2.00. The second-order valence-corrected chi connectivity index (χ2v) is 4.69. The summed E-state index contributed by atoms with van der Waals surface area (Å²) in [5.74, 6) is -0.673. The molecule has 106 valence electrons. The largest absolute Gasteiger partial charge is 0.481 e. The molecule has 20 heavy (non-hydrogen) atoms. The summed E-state index contributed by atoms with van der Waals surface area (Å²) in [5, 5.41) is 16.9. The van der Waals surface area contributed by atoms with E-state index >= 15 is 0 Å². The van der Waals surface area contributed by atoms with Gasteiger partial charge in [0.15, 0.2) is 0 Å². The van der Waals surface area contributed by atoms with Crippen LogP contribution in [-0.2, 0) is 4.79 Å². The Bertz CT molecular complexity index is 615. The number of carbonyl (C=O) groups is 1. The van der Waals surface area contributed by atoms with Gasteiger partial charge in [-0.2, -0.15) is 0 Å². The molecule has 2 aromatic rings. The zero-order chi connectivity index (χ0) is 14.5. The lowest BCUT2D eigenvalue weighted by atomic mass is 10.2. The number of halogens is 2. The van der Waals surface area contributed by atoms with Crippen LogP contribution in [0.3, 0.4) is 0 Å². The van der Waals surface area contributed by atoms with Crippen molar-refractivity contribution in [3.8, 4) is 17.5 Å². The molecule has 0 fully saturated rings. The van der Waals surface area contributed by atoms with Crippen LogP contribution < -0.4 is 4.74 Å². The van der Waals surface area contributed by atoms with Gasteiger partial charge in [-0.25, -0.2) is 0 Å². The highest BCUT2D eigenvalue weighted by molar-refractivity contribution is 6.36. The Balaban J connectivity index is 1.99. The van der Waals surface area contributed by atoms with E-state index in [4.69, 9.17) is 37.5 Å². The molecule has 0 saturated heterocycles. The van der Waals surface area contributed by atoms with E-state index in [0.29, 0.717) is 22.0 Å². The zero-order valence-electron chi connectivity index (χ0n) is 10.2. The van der Waals surface area contributed by atoms with Crippen LogP contribution in [0.1, 0.15) is 12.8 Å². The van der Waals surface area contributed by atoms with Crippen LogP contribution in [0.4, 0.5) is 0 Å². The highest BCUT2D eigenvalue weighted by Gasteiger charge is 2.13. The minimum absolute atomic E-state index is 0.0179. The molecule has 8 heteroatoms. The third-order valence-corrected chi connectivity index (χ3v) is 2.88. The summed E-state index contributed by atoms with van der Waals surface area (Å²) in [6.45, 7) is 0.183. The maximum Gasteiger partial charge on any atom is 0.414 e. The topological polar surface area (TPSA) is 85.5 Å². The number of aromatic nitrogens is 2. The summed E-state index contributed by atoms with van der Waals surface area (Å²) in [6.07, 6.45) is 0.343. The van der Waals surface area contributed by atoms with Crippen molar-refractivity contribution < 1.29 is 19.1 Å². The fourth-order valence-electron chi connectivity index (χ4n) is 1.42. The fourth-order valence-corrected chi connectivity index (χ4v) is 1.91. The summed E-state index contributed by atoms with van der Waals surface area (Å²) in [4.78, 5) is 10.3. The van der Waals surface area contributed by atoms with E-state index in [1.807, 2.05) is 0 Å². The number of carboxylic acid groups (broad SMARTS) is 1. The number of aliphatic carboxylic acids is 1. The predicted octanol–water partition coefficient (Wildman–Crippen LogP) is 3.29. The molecule has 0 aliphatic carbocycles. The van der Waals surface area contributed by atoms with E-state index in [0.717, 1.165) is 0 Å². The Morgan fingerprint density at radius 2 is 2.15 bits per heavy atom. The average Bonchev–Trinajstić information content (AvgIpc) is 2.83. The minimum Gasteiger partial charge on any atom is -0.481 e. The molecule has 0 atom stereocenters. The Kier molecular flexibility index (Phi) is 4.81. The first-order valence-corrected chi connectivity index (χ1v) is 6.45. The molecule has 0 spiro atoms. The van der Waals surface area contributed by atoms with E-state index in [-0.39, 0.29) is 25.0 Å². The van der Waals surface area contributed by atoms with E-state index in [2.05, 4.69) is 10.2 Å². The van der Waals surface area contributed by atoms with Gasteiger partial charge in [-0.05, 0) is 24.6 Å². The molecule has 0 amide bonds. The van der Waals surface area contributed by atoms with Crippen molar-refractivity contribution in [3.63, 3.8) is 0 Å². The van der Waals surface area contributed by atoms with Gasteiger partial charge in [-0.1, -0.05) is 28.3 Å². The predicted molar refractivity (Wildman–Crippen MR) is 72.1 cm³/mol. The summed E-state index contributed by atoms with van der Waals surface area (Å²) in [7, 11) is 0. The molecule has 1 N–H and O–H groups in total. The number of hydrogen-bond donors (Lipinski definition) is 1. The Labute approximate surface area is 124 Å². The van der Waals surface area contributed by atoms with Crippen molar-refractivity contribution in [2.24, 2.45) is 0 Å². The van der Waals surface area contributed by atoms with Gasteiger partial charge in [0.2, 0.25) is 0 Å². The Morgan fingerprint density at radius 3 is 2.85 bits per heavy atom. The zero-order valence-corrected chi connectivity index (χ0v) is 11.7. The van der Waals surface area contributed by atoms with E-state index < -0.39 is 5.97 Å². The van der Waals surface area contributed by atoms with E-state index in [9.17, 15) is 4.79 Å². The van der Waals surface area contributed by atoms with Crippen LogP contribution in [0.2, 0.25) is 10.0 Å². The maximum absolute atomic E-state index is 10.3. The van der Waals surface area contributed by atoms with Gasteiger partial charge < -0.3 is 14.3 Å². The van der Waals surface area contributed by atoms with Gasteiger partial charge in [0.25, 0.3) is 5.89 Å². The lowest BCUT2D eigenvalue weighted by molar-refractivity contribution is -0.137. The lowest BCUT2D eigenvalue weighted by Crippen LogP contribution is -2.02. The molecule has 0 unspecified atom stereocenters. The highest BCUT2D eigenvalue weighted by atomic mass is 35.5. The molecular formula is C12H10Cl2N2O4. The quantitative estimate of drug-likeness (QED) is 0.823. The van der Waals surface area contributed by atoms with Crippen molar-refractivity contribution in [3.05, 3.63) is 28.2 Å². The minimum atomic E-state index is -0.882. The van der Waals surface area contributed by atoms with Crippen molar-refractivity contribution in [1.29, 1.82) is 0 Å². The number of nitrogens with zero attached hydrogens (tertiary/aromatic N) is 2. The number of ether oxygens (including phenoxy) is 1. The first-order chi connectivity index (χ1) is 9.56. The number of benzene rings is 1. The van der Waals surface area contributed by atoms with Crippen LogP contribution in [0.5, 0.6) is 6.08 Å². The summed E-state index contributed by atoms with van der Waals surface area (Å²) in [6, 6.07) is 4.88. The second-order valence-electron chi connectivity index (χ2n) is 3.84. The van der Waals surface area contributed by atoms with Gasteiger partial charge >= 0.3 is 12.0 Å². The standard InChI is InChI=1S/C12H10Cl2N2O4/c13-7-3-4-8(9(14)6-7)11-15-16-12(20-11)19-5-1-2-10(17)18/h3-4,6H,1-2,5H2,(H,17,18). The van der Waals surface area contributed by atoms with E-state index in [1.165, 1.54) is 0 Å². The Hall–Kier alpha value is -1.79. The fraction of sp³-hybridized carbons (Fsp3) is 0.250. The van der Waals surface area contributed by atoms with Crippen LogP contribution in [0, 0.1) is 0 Å². The summed E-state index contributed by atoms with van der Waals surface area (Å²) in [5.41, 5.74) is 0.545. The molecule has 0 radical (unpaired) electrons. The van der Waals surface area contributed by atoms with Crippen LogP contribution in [0.15, 0.2) is 22.6 Å². The normalized spacial score (nSPS) is 10.5. The molecule has 1 aromatic carbocycles. The van der Waals surface area contributed by atoms with Crippen LogP contribution in [-0.4, -0.2) is 27.9 Å². The molecule has 0 aliphatic heterocycles. The molecule has 0 saturated carbocycles. The maximum atomic E-state index is 10.3. The molecular weight excluding hydrogens is 307 g/mol. The first-order valence-electron chi connectivity index (χ1n) is 5.70. The molecule has 1 aromatic heterocycles. The van der Waals surface area contributed by atoms with Gasteiger partial charge in [0.1, 0.15) is 0 Å². The number of rotatable bonds is 6. The number of hydrogen-bond acceptors (Lipinski definition) is 5. The third-order valence-electron chi connectivity index (χ3n) is 2.33. The van der Waals surface area contributed by atoms with Gasteiger partial charge in [0, 0.05) is 11.4 Å². The van der Waals surface area contributed by atoms with E-state index in [1.54, 1.807) is 18.2 Å². The molecule has 1 heterocycles. The summed E-state index contributed by atoms with van der Waals surface area (Å²) >= 11 is 11.8. The van der Waals surface area contributed by atoms with Crippen LogP contribution >= 0.6 is 23.2 Å². The molecule has 0 bridgehead atoms. The van der Waals surface area contributed by atoms with Crippen molar-refractivity contribution >= 4 is 29.2 Å². The highest BCUT2D eigenvalue weighted by Crippen LogP contribution is 2.30. The second kappa shape index (κ2) is 6.58. The van der Waals surface area contributed by atoms with Crippen LogP contribution in [0.25, 0.3) is 11.5 Å². The van der Waals surface area contributed by atoms with Gasteiger partial charge in [0.05, 0.1) is 17.2 Å². The molecule has 6 nitrogen and oxygen atoms in total. The number of carboxylic acids is 1. The van der Waals surface area contributed by atoms with Crippen molar-refractivity contribution in [2.45, 2.75) is 12.8 Å². The molecule has 2 rings (SSSR count). The van der Waals surface area contributed by atoms with Crippen molar-refractivity contribution in [2.75, 3.05) is 6.61 Å².